The lowest BCUT2D eigenvalue weighted by atomic mass is 10.2. The molecule has 0 aromatic heterocycles. The van der Waals surface area contributed by atoms with E-state index in [0.29, 0.717) is 30.2 Å². The second-order valence-electron chi connectivity index (χ2n) is 5.45. The molecule has 140 valence electrons. The third-order valence-corrected chi connectivity index (χ3v) is 4.90. The van der Waals surface area contributed by atoms with Crippen molar-refractivity contribution >= 4 is 34.9 Å². The fourth-order valence-electron chi connectivity index (χ4n) is 2.54. The summed E-state index contributed by atoms with van der Waals surface area (Å²) in [7, 11) is 3.06. The van der Waals surface area contributed by atoms with Gasteiger partial charge in [0.05, 0.1) is 19.1 Å². The molecule has 7 nitrogen and oxygen atoms in total. The van der Waals surface area contributed by atoms with Crippen molar-refractivity contribution in [1.29, 1.82) is 0 Å². The topological polar surface area (TPSA) is 76.2 Å². The van der Waals surface area contributed by atoms with E-state index < -0.39 is 11.1 Å². The molecule has 8 heteroatoms. The number of likely N-dealkylation sites (N-methyl/N-ethyl adjacent to an activating group) is 1. The minimum absolute atomic E-state index is 0.240. The van der Waals surface area contributed by atoms with Gasteiger partial charge in [-0.1, -0.05) is 6.07 Å². The van der Waals surface area contributed by atoms with Crippen LogP contribution >= 0.6 is 11.8 Å². The van der Waals surface area contributed by atoms with E-state index in [2.05, 4.69) is 0 Å². The molecule has 0 bridgehead atoms. The molecule has 0 aliphatic carbocycles. The minimum Gasteiger partial charge on any atom is -0.493 e. The van der Waals surface area contributed by atoms with E-state index in [9.17, 15) is 14.4 Å². The van der Waals surface area contributed by atoms with Crippen LogP contribution in [-0.4, -0.2) is 60.7 Å². The molecule has 1 aromatic carbocycles. The minimum atomic E-state index is -0.463. The van der Waals surface area contributed by atoms with Gasteiger partial charge in [0.1, 0.15) is 6.54 Å². The van der Waals surface area contributed by atoms with Crippen molar-refractivity contribution in [1.82, 2.24) is 9.80 Å². The van der Waals surface area contributed by atoms with E-state index in [-0.39, 0.29) is 17.4 Å². The third-order valence-electron chi connectivity index (χ3n) is 3.99. The quantitative estimate of drug-likeness (QED) is 0.679. The van der Waals surface area contributed by atoms with Crippen molar-refractivity contribution in [3.8, 4) is 11.5 Å². The number of nitrogens with zero attached hydrogens (tertiary/aromatic N) is 2. The zero-order valence-electron chi connectivity index (χ0n) is 15.3. The van der Waals surface area contributed by atoms with E-state index in [0.717, 1.165) is 16.7 Å². The zero-order chi connectivity index (χ0) is 19.3. The molecular weight excluding hydrogens is 356 g/mol. The molecule has 3 amide bonds. The molecule has 0 unspecified atom stereocenters. The van der Waals surface area contributed by atoms with Crippen LogP contribution in [0.3, 0.4) is 0 Å². The molecule has 1 saturated heterocycles. The normalized spacial score (nSPS) is 15.5. The van der Waals surface area contributed by atoms with Gasteiger partial charge >= 0.3 is 0 Å². The summed E-state index contributed by atoms with van der Waals surface area (Å²) in [5, 5.41) is -0.442. The van der Waals surface area contributed by atoms with Crippen LogP contribution in [0.4, 0.5) is 4.79 Å². The lowest BCUT2D eigenvalue weighted by molar-refractivity contribution is -0.135. The Bertz CT molecular complexity index is 743. The SMILES string of the molecule is CCN(CC)C(=O)CN1C(=O)S/C(=C\c2ccc(OC)c(OC)c2)C1=O. The number of amides is 3. The van der Waals surface area contributed by atoms with Gasteiger partial charge in [0.2, 0.25) is 5.91 Å². The Labute approximate surface area is 156 Å². The van der Waals surface area contributed by atoms with Gasteiger partial charge in [-0.05, 0) is 49.4 Å². The van der Waals surface area contributed by atoms with Crippen LogP contribution in [0, 0.1) is 0 Å². The molecule has 0 spiro atoms. The lowest BCUT2D eigenvalue weighted by Crippen LogP contribution is -2.41. The van der Waals surface area contributed by atoms with E-state index in [1.54, 1.807) is 29.2 Å². The first-order valence-corrected chi connectivity index (χ1v) is 9.01. The van der Waals surface area contributed by atoms with Crippen molar-refractivity contribution in [2.45, 2.75) is 13.8 Å². The first-order chi connectivity index (χ1) is 12.4. The van der Waals surface area contributed by atoms with Crippen LogP contribution in [0.2, 0.25) is 0 Å². The van der Waals surface area contributed by atoms with E-state index in [1.807, 2.05) is 13.8 Å². The van der Waals surface area contributed by atoms with E-state index >= 15 is 0 Å². The Kier molecular flexibility index (Phi) is 6.68. The predicted molar refractivity (Wildman–Crippen MR) is 100 cm³/mol. The molecule has 0 atom stereocenters. The lowest BCUT2D eigenvalue weighted by Gasteiger charge is -2.21. The number of hydrogen-bond acceptors (Lipinski definition) is 6. The predicted octanol–water partition coefficient (Wildman–Crippen LogP) is 2.61. The van der Waals surface area contributed by atoms with Gasteiger partial charge in [0.15, 0.2) is 11.5 Å². The zero-order valence-corrected chi connectivity index (χ0v) is 16.1. The average Bonchev–Trinajstić information content (AvgIpc) is 2.90. The van der Waals surface area contributed by atoms with Crippen LogP contribution in [0.1, 0.15) is 19.4 Å². The maximum Gasteiger partial charge on any atom is 0.294 e. The summed E-state index contributed by atoms with van der Waals surface area (Å²) in [6, 6.07) is 5.20. The number of ether oxygens (including phenoxy) is 2. The number of hydrogen-bond donors (Lipinski definition) is 0. The van der Waals surface area contributed by atoms with Crippen LogP contribution in [-0.2, 0) is 9.59 Å². The second-order valence-corrected chi connectivity index (χ2v) is 6.44. The number of carbonyl (C=O) groups is 3. The molecule has 1 fully saturated rings. The standard InChI is InChI=1S/C18H22N2O5S/c1-5-19(6-2)16(21)11-20-17(22)15(26-18(20)23)10-12-7-8-13(24-3)14(9-12)25-4/h7-10H,5-6,11H2,1-4H3/b15-10-. The summed E-state index contributed by atoms with van der Waals surface area (Å²) in [6.07, 6.45) is 1.61. The largest absolute Gasteiger partial charge is 0.493 e. The Hall–Kier alpha value is -2.48. The van der Waals surface area contributed by atoms with Gasteiger partial charge in [-0.15, -0.1) is 0 Å². The van der Waals surface area contributed by atoms with Crippen molar-refractivity contribution in [3.05, 3.63) is 28.7 Å². The number of imide groups is 1. The first kappa shape index (κ1) is 19.8. The van der Waals surface area contributed by atoms with Gasteiger partial charge in [-0.3, -0.25) is 19.3 Å². The molecular formula is C18H22N2O5S. The highest BCUT2D eigenvalue weighted by atomic mass is 32.2. The molecule has 0 radical (unpaired) electrons. The average molecular weight is 378 g/mol. The monoisotopic (exact) mass is 378 g/mol. The maximum absolute atomic E-state index is 12.5. The van der Waals surface area contributed by atoms with Gasteiger partial charge in [0, 0.05) is 13.1 Å². The summed E-state index contributed by atoms with van der Waals surface area (Å²) in [5.41, 5.74) is 0.697. The van der Waals surface area contributed by atoms with Crippen molar-refractivity contribution in [2.24, 2.45) is 0 Å². The van der Waals surface area contributed by atoms with Crippen molar-refractivity contribution in [2.75, 3.05) is 33.9 Å². The Balaban J connectivity index is 2.20. The summed E-state index contributed by atoms with van der Waals surface area (Å²) in [6.45, 7) is 4.54. The molecule has 1 aromatic rings. The number of methoxy groups -OCH3 is 2. The first-order valence-electron chi connectivity index (χ1n) is 8.20. The summed E-state index contributed by atoms with van der Waals surface area (Å²) in [5.74, 6) is 0.389. The molecule has 26 heavy (non-hydrogen) atoms. The molecule has 1 aliphatic heterocycles. The molecule has 1 heterocycles. The Morgan fingerprint density at radius 1 is 1.15 bits per heavy atom. The molecule has 0 saturated carbocycles. The van der Waals surface area contributed by atoms with E-state index in [4.69, 9.17) is 9.47 Å². The van der Waals surface area contributed by atoms with Crippen LogP contribution in [0.25, 0.3) is 6.08 Å². The smallest absolute Gasteiger partial charge is 0.294 e. The molecule has 1 aliphatic rings. The highest BCUT2D eigenvalue weighted by Crippen LogP contribution is 2.34. The summed E-state index contributed by atoms with van der Waals surface area (Å²) in [4.78, 5) is 39.7. The number of thioether (sulfide) groups is 1. The third kappa shape index (κ3) is 4.19. The van der Waals surface area contributed by atoms with Gasteiger partial charge in [-0.2, -0.15) is 0 Å². The second kappa shape index (κ2) is 8.75. The number of benzene rings is 1. The summed E-state index contributed by atoms with van der Waals surface area (Å²) >= 11 is 0.825. The number of carbonyl (C=O) groups excluding carboxylic acids is 3. The summed E-state index contributed by atoms with van der Waals surface area (Å²) < 4.78 is 10.4. The van der Waals surface area contributed by atoms with Crippen molar-refractivity contribution in [3.63, 3.8) is 0 Å². The fraction of sp³-hybridized carbons (Fsp3) is 0.389. The van der Waals surface area contributed by atoms with Crippen LogP contribution in [0.5, 0.6) is 11.5 Å². The molecule has 0 N–H and O–H groups in total. The van der Waals surface area contributed by atoms with Gasteiger partial charge < -0.3 is 14.4 Å². The van der Waals surface area contributed by atoms with E-state index in [1.165, 1.54) is 14.2 Å². The van der Waals surface area contributed by atoms with Crippen molar-refractivity contribution < 1.29 is 23.9 Å². The Morgan fingerprint density at radius 2 is 1.81 bits per heavy atom. The molecule has 2 rings (SSSR count). The van der Waals surface area contributed by atoms with Gasteiger partial charge in [-0.25, -0.2) is 0 Å². The van der Waals surface area contributed by atoms with Crippen LogP contribution < -0.4 is 9.47 Å². The van der Waals surface area contributed by atoms with Gasteiger partial charge in [0.25, 0.3) is 11.1 Å². The highest BCUT2D eigenvalue weighted by Gasteiger charge is 2.36. The maximum atomic E-state index is 12.5. The fourth-order valence-corrected chi connectivity index (χ4v) is 3.38. The van der Waals surface area contributed by atoms with Crippen LogP contribution in [0.15, 0.2) is 23.1 Å². The highest BCUT2D eigenvalue weighted by molar-refractivity contribution is 8.18. The Morgan fingerprint density at radius 3 is 2.38 bits per heavy atom. The number of rotatable bonds is 7.